The van der Waals surface area contributed by atoms with Crippen LogP contribution in [0.15, 0.2) is 0 Å². The maximum absolute atomic E-state index is 10.7. The molecule has 1 aliphatic heterocycles. The minimum absolute atomic E-state index is 0.198. The van der Waals surface area contributed by atoms with Crippen LogP contribution in [0.1, 0.15) is 19.3 Å². The summed E-state index contributed by atoms with van der Waals surface area (Å²) in [6.07, 6.45) is 2.34. The Kier molecular flexibility index (Phi) is 2.11. The van der Waals surface area contributed by atoms with Crippen LogP contribution in [0.4, 0.5) is 0 Å². The molecular formula is C8H12N2O2S. The molecule has 1 heterocycles. The third-order valence-corrected chi connectivity index (χ3v) is 3.07. The van der Waals surface area contributed by atoms with E-state index in [0.29, 0.717) is 17.6 Å². The highest BCUT2D eigenvalue weighted by Crippen LogP contribution is 2.27. The van der Waals surface area contributed by atoms with E-state index < -0.39 is 5.97 Å². The van der Waals surface area contributed by atoms with E-state index >= 15 is 0 Å². The zero-order valence-electron chi connectivity index (χ0n) is 7.12. The summed E-state index contributed by atoms with van der Waals surface area (Å²) >= 11 is 4.97. The normalized spacial score (nSPS) is 37.5. The molecule has 2 rings (SSSR count). The minimum Gasteiger partial charge on any atom is -0.481 e. The Bertz CT molecular complexity index is 257. The number of hydrogen-bond acceptors (Lipinski definition) is 2. The second kappa shape index (κ2) is 3.14. The van der Waals surface area contributed by atoms with Crippen LogP contribution in [0.2, 0.25) is 0 Å². The van der Waals surface area contributed by atoms with Gasteiger partial charge in [0.25, 0.3) is 0 Å². The Morgan fingerprint density at radius 3 is 2.77 bits per heavy atom. The number of aliphatic carboxylic acids is 1. The number of carbonyl (C=O) groups is 1. The SMILES string of the molecule is O=C(O)C1CCC2NC(=S)NC2C1. The Balaban J connectivity index is 2.01. The van der Waals surface area contributed by atoms with Gasteiger partial charge in [0.15, 0.2) is 5.11 Å². The van der Waals surface area contributed by atoms with Gasteiger partial charge in [-0.15, -0.1) is 0 Å². The maximum atomic E-state index is 10.7. The third-order valence-electron chi connectivity index (χ3n) is 2.83. The van der Waals surface area contributed by atoms with Crippen LogP contribution in [0, 0.1) is 5.92 Å². The van der Waals surface area contributed by atoms with Crippen LogP contribution in [0.5, 0.6) is 0 Å². The van der Waals surface area contributed by atoms with E-state index in [-0.39, 0.29) is 12.0 Å². The molecule has 0 amide bonds. The second-order valence-corrected chi connectivity index (χ2v) is 4.09. The van der Waals surface area contributed by atoms with E-state index in [9.17, 15) is 4.79 Å². The van der Waals surface area contributed by atoms with Crippen molar-refractivity contribution in [3.63, 3.8) is 0 Å². The summed E-state index contributed by atoms with van der Waals surface area (Å²) in [5, 5.41) is 15.8. The molecule has 1 saturated heterocycles. The standard InChI is InChI=1S/C8H12N2O2S/c11-7(12)4-1-2-5-6(3-4)10-8(13)9-5/h4-6H,1-3H2,(H,11,12)(H2,9,10,13). The van der Waals surface area contributed by atoms with Crippen LogP contribution >= 0.6 is 12.2 Å². The van der Waals surface area contributed by atoms with E-state index in [1.807, 2.05) is 0 Å². The Morgan fingerprint density at radius 2 is 2.08 bits per heavy atom. The highest BCUT2D eigenvalue weighted by atomic mass is 32.1. The molecular weight excluding hydrogens is 188 g/mol. The number of carboxylic acids is 1. The first-order chi connectivity index (χ1) is 6.16. The molecule has 0 radical (unpaired) electrons. The van der Waals surface area contributed by atoms with Gasteiger partial charge in [0.05, 0.1) is 5.92 Å². The molecule has 3 N–H and O–H groups in total. The molecule has 1 saturated carbocycles. The zero-order chi connectivity index (χ0) is 9.42. The molecule has 1 aliphatic carbocycles. The lowest BCUT2D eigenvalue weighted by atomic mass is 9.83. The van der Waals surface area contributed by atoms with E-state index in [0.717, 1.165) is 12.8 Å². The largest absolute Gasteiger partial charge is 0.481 e. The topological polar surface area (TPSA) is 61.4 Å². The molecule has 0 aromatic heterocycles. The fraction of sp³-hybridized carbons (Fsp3) is 0.750. The highest BCUT2D eigenvalue weighted by Gasteiger charge is 2.37. The van der Waals surface area contributed by atoms with Crippen molar-refractivity contribution in [3.8, 4) is 0 Å². The van der Waals surface area contributed by atoms with Gasteiger partial charge >= 0.3 is 5.97 Å². The molecule has 13 heavy (non-hydrogen) atoms. The Hall–Kier alpha value is -0.840. The van der Waals surface area contributed by atoms with Gasteiger partial charge in [0.1, 0.15) is 0 Å². The number of nitrogens with one attached hydrogen (secondary N) is 2. The first kappa shape index (κ1) is 8.74. The molecule has 0 aromatic rings. The summed E-state index contributed by atoms with van der Waals surface area (Å²) in [5.74, 6) is -0.880. The third kappa shape index (κ3) is 1.60. The molecule has 5 heteroatoms. The summed E-state index contributed by atoms with van der Waals surface area (Å²) in [4.78, 5) is 10.7. The molecule has 2 aliphatic rings. The van der Waals surface area contributed by atoms with Crippen LogP contribution in [-0.2, 0) is 4.79 Å². The second-order valence-electron chi connectivity index (χ2n) is 3.68. The van der Waals surface area contributed by atoms with Crippen molar-refractivity contribution in [2.45, 2.75) is 31.3 Å². The Morgan fingerprint density at radius 1 is 1.38 bits per heavy atom. The van der Waals surface area contributed by atoms with Gasteiger partial charge in [-0.3, -0.25) is 4.79 Å². The average molecular weight is 200 g/mol. The summed E-state index contributed by atoms with van der Waals surface area (Å²) in [6.45, 7) is 0. The van der Waals surface area contributed by atoms with E-state index in [1.54, 1.807) is 0 Å². The fourth-order valence-corrected chi connectivity index (χ4v) is 2.41. The zero-order valence-corrected chi connectivity index (χ0v) is 7.93. The average Bonchev–Trinajstić information content (AvgIpc) is 2.42. The fourth-order valence-electron chi connectivity index (χ4n) is 2.11. The molecule has 2 fully saturated rings. The molecule has 0 spiro atoms. The predicted octanol–water partition coefficient (Wildman–Crippen LogP) is 0.0860. The molecule has 3 unspecified atom stereocenters. The number of fused-ring (bicyclic) bond motifs is 1. The summed E-state index contributed by atoms with van der Waals surface area (Å²) in [7, 11) is 0. The minimum atomic E-state index is -0.682. The van der Waals surface area contributed by atoms with Gasteiger partial charge < -0.3 is 15.7 Å². The van der Waals surface area contributed by atoms with Crippen molar-refractivity contribution < 1.29 is 9.90 Å². The summed E-state index contributed by atoms with van der Waals surface area (Å²) in [6, 6.07) is 0.574. The molecule has 0 bridgehead atoms. The summed E-state index contributed by atoms with van der Waals surface area (Å²) in [5.41, 5.74) is 0. The molecule has 72 valence electrons. The van der Waals surface area contributed by atoms with Crippen molar-refractivity contribution >= 4 is 23.3 Å². The van der Waals surface area contributed by atoms with E-state index in [1.165, 1.54) is 0 Å². The van der Waals surface area contributed by atoms with Gasteiger partial charge in [-0.2, -0.15) is 0 Å². The monoisotopic (exact) mass is 200 g/mol. The van der Waals surface area contributed by atoms with Gasteiger partial charge in [-0.1, -0.05) is 0 Å². The van der Waals surface area contributed by atoms with Gasteiger partial charge in [-0.05, 0) is 31.5 Å². The number of rotatable bonds is 1. The number of hydrogen-bond donors (Lipinski definition) is 3. The van der Waals surface area contributed by atoms with Crippen molar-refractivity contribution in [1.29, 1.82) is 0 Å². The van der Waals surface area contributed by atoms with Crippen molar-refractivity contribution in [3.05, 3.63) is 0 Å². The van der Waals surface area contributed by atoms with Crippen LogP contribution in [0.25, 0.3) is 0 Å². The van der Waals surface area contributed by atoms with Gasteiger partial charge in [-0.25, -0.2) is 0 Å². The number of carboxylic acid groups (broad SMARTS) is 1. The van der Waals surface area contributed by atoms with Gasteiger partial charge in [0.2, 0.25) is 0 Å². The lowest BCUT2D eigenvalue weighted by Gasteiger charge is -2.28. The lowest BCUT2D eigenvalue weighted by Crippen LogP contribution is -2.41. The Labute approximate surface area is 81.7 Å². The van der Waals surface area contributed by atoms with Crippen LogP contribution in [-0.4, -0.2) is 28.3 Å². The molecule has 3 atom stereocenters. The van der Waals surface area contributed by atoms with Gasteiger partial charge in [0, 0.05) is 12.1 Å². The van der Waals surface area contributed by atoms with Crippen molar-refractivity contribution in [2.75, 3.05) is 0 Å². The predicted molar refractivity (Wildman–Crippen MR) is 51.4 cm³/mol. The van der Waals surface area contributed by atoms with Crippen LogP contribution < -0.4 is 10.6 Å². The lowest BCUT2D eigenvalue weighted by molar-refractivity contribution is -0.143. The smallest absolute Gasteiger partial charge is 0.306 e. The van der Waals surface area contributed by atoms with Crippen molar-refractivity contribution in [1.82, 2.24) is 10.6 Å². The first-order valence-electron chi connectivity index (χ1n) is 4.46. The summed E-state index contributed by atoms with van der Waals surface area (Å²) < 4.78 is 0. The molecule has 0 aromatic carbocycles. The van der Waals surface area contributed by atoms with E-state index in [2.05, 4.69) is 10.6 Å². The first-order valence-corrected chi connectivity index (χ1v) is 4.87. The van der Waals surface area contributed by atoms with Crippen molar-refractivity contribution in [2.24, 2.45) is 5.92 Å². The highest BCUT2D eigenvalue weighted by molar-refractivity contribution is 7.80. The van der Waals surface area contributed by atoms with Crippen LogP contribution in [0.3, 0.4) is 0 Å². The number of thiocarbonyl (C=S) groups is 1. The maximum Gasteiger partial charge on any atom is 0.306 e. The molecule has 4 nitrogen and oxygen atoms in total. The quantitative estimate of drug-likeness (QED) is 0.523. The van der Waals surface area contributed by atoms with E-state index in [4.69, 9.17) is 17.3 Å².